The van der Waals surface area contributed by atoms with Crippen LogP contribution in [-0.4, -0.2) is 29.3 Å². The van der Waals surface area contributed by atoms with Gasteiger partial charge in [-0.3, -0.25) is 9.59 Å². The highest BCUT2D eigenvalue weighted by molar-refractivity contribution is 8.10. The highest BCUT2D eigenvalue weighted by Gasteiger charge is 2.37. The summed E-state index contributed by atoms with van der Waals surface area (Å²) in [6, 6.07) is 7.99. The maximum Gasteiger partial charge on any atom is 0.243 e. The molecule has 1 aromatic carbocycles. The molecule has 1 atom stereocenters. The van der Waals surface area contributed by atoms with E-state index in [1.54, 1.807) is 11.8 Å². The molecule has 0 spiro atoms. The van der Waals surface area contributed by atoms with E-state index in [1.807, 2.05) is 10.3 Å². The first-order valence-electron chi connectivity index (χ1n) is 11.1. The van der Waals surface area contributed by atoms with E-state index >= 15 is 0 Å². The van der Waals surface area contributed by atoms with Crippen molar-refractivity contribution in [3.63, 3.8) is 0 Å². The van der Waals surface area contributed by atoms with Crippen molar-refractivity contribution < 1.29 is 9.59 Å². The maximum atomic E-state index is 12.9. The Balaban J connectivity index is 1.57. The number of nitrogens with one attached hydrogen (secondary N) is 1. The zero-order valence-corrected chi connectivity index (χ0v) is 19.1. The normalized spacial score (nSPS) is 19.4. The van der Waals surface area contributed by atoms with Crippen LogP contribution in [0.15, 0.2) is 41.8 Å². The third-order valence-electron chi connectivity index (χ3n) is 6.13. The summed E-state index contributed by atoms with van der Waals surface area (Å²) in [6.45, 7) is 9.22. The van der Waals surface area contributed by atoms with Crippen molar-refractivity contribution in [2.75, 3.05) is 6.54 Å². The average molecular weight is 427 g/mol. The number of carbonyl (C=O) groups excluding carboxylic acids is 2. The molecule has 30 heavy (non-hydrogen) atoms. The summed E-state index contributed by atoms with van der Waals surface area (Å²) in [5.74, 6) is 0.302. The number of hydrogen-bond acceptors (Lipinski definition) is 3. The number of rotatable bonds is 7. The van der Waals surface area contributed by atoms with E-state index in [9.17, 15) is 9.59 Å². The molecule has 2 amide bonds. The minimum absolute atomic E-state index is 0.0204. The third kappa shape index (κ3) is 5.57. The quantitative estimate of drug-likeness (QED) is 0.626. The number of nitrogens with zero attached hydrogens (tertiary/aromatic N) is 1. The van der Waals surface area contributed by atoms with E-state index in [2.05, 4.69) is 50.0 Å². The SMILES string of the molecule is C=CSC(=C(C)C)c1ccc(CNC(=O)C2CCCN2C(=O)C2CCCCC2)cc1. The van der Waals surface area contributed by atoms with Gasteiger partial charge in [0.15, 0.2) is 0 Å². The van der Waals surface area contributed by atoms with Gasteiger partial charge in [0.2, 0.25) is 11.8 Å². The van der Waals surface area contributed by atoms with Gasteiger partial charge in [0.1, 0.15) is 6.04 Å². The minimum Gasteiger partial charge on any atom is -0.350 e. The summed E-state index contributed by atoms with van der Waals surface area (Å²) in [4.78, 5) is 28.8. The number of allylic oxidation sites excluding steroid dienone is 1. The predicted octanol–water partition coefficient (Wildman–Crippen LogP) is 5.50. The summed E-state index contributed by atoms with van der Waals surface area (Å²) in [7, 11) is 0. The van der Waals surface area contributed by atoms with Crippen LogP contribution in [-0.2, 0) is 16.1 Å². The smallest absolute Gasteiger partial charge is 0.243 e. The topological polar surface area (TPSA) is 49.4 Å². The monoisotopic (exact) mass is 426 g/mol. The summed E-state index contributed by atoms with van der Waals surface area (Å²) in [5.41, 5.74) is 3.48. The first-order chi connectivity index (χ1) is 14.5. The Labute approximate surface area is 185 Å². The van der Waals surface area contributed by atoms with Crippen LogP contribution in [0.3, 0.4) is 0 Å². The van der Waals surface area contributed by atoms with Crippen LogP contribution in [0, 0.1) is 5.92 Å². The van der Waals surface area contributed by atoms with Crippen molar-refractivity contribution in [2.45, 2.75) is 71.4 Å². The van der Waals surface area contributed by atoms with Gasteiger partial charge < -0.3 is 10.2 Å². The van der Waals surface area contributed by atoms with Gasteiger partial charge in [0.25, 0.3) is 0 Å². The molecule has 0 aromatic heterocycles. The van der Waals surface area contributed by atoms with Gasteiger partial charge in [-0.05, 0) is 56.1 Å². The largest absolute Gasteiger partial charge is 0.350 e. The molecule has 1 aromatic rings. The lowest BCUT2D eigenvalue weighted by Gasteiger charge is -2.30. The molecule has 1 heterocycles. The van der Waals surface area contributed by atoms with E-state index < -0.39 is 0 Å². The molecule has 4 nitrogen and oxygen atoms in total. The van der Waals surface area contributed by atoms with Crippen molar-refractivity contribution in [1.29, 1.82) is 0 Å². The Morgan fingerprint density at radius 3 is 2.43 bits per heavy atom. The summed E-state index contributed by atoms with van der Waals surface area (Å²) in [5, 5.41) is 4.90. The lowest BCUT2D eigenvalue weighted by molar-refractivity contribution is -0.142. The molecule has 3 rings (SSSR count). The summed E-state index contributed by atoms with van der Waals surface area (Å²) < 4.78 is 0. The fourth-order valence-corrected chi connectivity index (χ4v) is 5.20. The number of carbonyl (C=O) groups is 2. The molecule has 2 fully saturated rings. The van der Waals surface area contributed by atoms with Crippen LogP contribution >= 0.6 is 11.8 Å². The van der Waals surface area contributed by atoms with E-state index in [0.717, 1.165) is 49.7 Å². The maximum absolute atomic E-state index is 12.9. The van der Waals surface area contributed by atoms with Gasteiger partial charge in [0.05, 0.1) is 0 Å². The molecule has 162 valence electrons. The molecule has 1 aliphatic carbocycles. The highest BCUT2D eigenvalue weighted by Crippen LogP contribution is 2.31. The fourth-order valence-electron chi connectivity index (χ4n) is 4.53. The molecule has 1 N–H and O–H groups in total. The first-order valence-corrected chi connectivity index (χ1v) is 12.0. The van der Waals surface area contributed by atoms with E-state index in [0.29, 0.717) is 13.1 Å². The molecule has 1 aliphatic heterocycles. The lowest BCUT2D eigenvalue weighted by atomic mass is 9.88. The molecule has 1 unspecified atom stereocenters. The Morgan fingerprint density at radius 1 is 1.10 bits per heavy atom. The van der Waals surface area contributed by atoms with E-state index in [4.69, 9.17) is 0 Å². The van der Waals surface area contributed by atoms with Crippen molar-refractivity contribution in [1.82, 2.24) is 10.2 Å². The number of amides is 2. The van der Waals surface area contributed by atoms with Crippen molar-refractivity contribution in [3.8, 4) is 0 Å². The van der Waals surface area contributed by atoms with Gasteiger partial charge >= 0.3 is 0 Å². The number of benzene rings is 1. The van der Waals surface area contributed by atoms with Crippen LogP contribution in [0.25, 0.3) is 4.91 Å². The Bertz CT molecular complexity index is 790. The Hall–Kier alpha value is -2.01. The molecule has 5 heteroatoms. The van der Waals surface area contributed by atoms with Crippen molar-refractivity contribution in [3.05, 3.63) is 53.0 Å². The number of hydrogen-bond donors (Lipinski definition) is 1. The molecular formula is C25H34N2O2S. The van der Waals surface area contributed by atoms with E-state index in [-0.39, 0.29) is 23.8 Å². The predicted molar refractivity (Wildman–Crippen MR) is 126 cm³/mol. The Morgan fingerprint density at radius 2 is 1.80 bits per heavy atom. The van der Waals surface area contributed by atoms with Crippen LogP contribution in [0.5, 0.6) is 0 Å². The van der Waals surface area contributed by atoms with E-state index in [1.165, 1.54) is 16.9 Å². The van der Waals surface area contributed by atoms with Crippen LogP contribution in [0.2, 0.25) is 0 Å². The minimum atomic E-state index is -0.306. The standard InChI is InChI=1S/C25H34N2O2S/c1-4-30-23(18(2)3)20-14-12-19(13-15-20)17-26-24(28)22-11-8-16-27(22)25(29)21-9-6-5-7-10-21/h4,12-15,21-22H,1,5-11,16-17H2,2-3H3,(H,26,28). The first kappa shape index (κ1) is 22.7. The van der Waals surface area contributed by atoms with Crippen molar-refractivity contribution >= 4 is 28.5 Å². The second kappa shape index (κ2) is 10.9. The second-order valence-electron chi connectivity index (χ2n) is 8.55. The number of likely N-dealkylation sites (tertiary alicyclic amines) is 1. The van der Waals surface area contributed by atoms with Crippen LogP contribution in [0.1, 0.15) is 69.9 Å². The Kier molecular flexibility index (Phi) is 8.20. The highest BCUT2D eigenvalue weighted by atomic mass is 32.2. The molecule has 0 bridgehead atoms. The second-order valence-corrected chi connectivity index (χ2v) is 9.53. The van der Waals surface area contributed by atoms with Crippen LogP contribution in [0.4, 0.5) is 0 Å². The summed E-state index contributed by atoms with van der Waals surface area (Å²) >= 11 is 1.63. The van der Waals surface area contributed by atoms with Gasteiger partial charge in [-0.1, -0.05) is 67.4 Å². The van der Waals surface area contributed by atoms with Gasteiger partial charge in [-0.25, -0.2) is 0 Å². The number of thioether (sulfide) groups is 1. The molecule has 1 saturated heterocycles. The van der Waals surface area contributed by atoms with Gasteiger partial charge in [-0.2, -0.15) is 0 Å². The molecule has 1 saturated carbocycles. The summed E-state index contributed by atoms with van der Waals surface area (Å²) in [6.07, 6.45) is 7.15. The molecule has 0 radical (unpaired) electrons. The lowest BCUT2D eigenvalue weighted by Crippen LogP contribution is -2.47. The fraction of sp³-hybridized carbons (Fsp3) is 0.520. The van der Waals surface area contributed by atoms with Crippen LogP contribution < -0.4 is 5.32 Å². The van der Waals surface area contributed by atoms with Crippen molar-refractivity contribution in [2.24, 2.45) is 5.92 Å². The third-order valence-corrected chi connectivity index (χ3v) is 7.18. The average Bonchev–Trinajstić information content (AvgIpc) is 3.26. The zero-order chi connectivity index (χ0) is 21.5. The molecular weight excluding hydrogens is 392 g/mol. The van der Waals surface area contributed by atoms with Gasteiger partial charge in [-0.15, -0.1) is 0 Å². The molecule has 2 aliphatic rings. The zero-order valence-electron chi connectivity index (χ0n) is 18.3. The van der Waals surface area contributed by atoms with Gasteiger partial charge in [0, 0.05) is 23.9 Å².